The number of carbonyl (C=O) groups is 1. The molecule has 13 heteroatoms. The molecule has 0 saturated carbocycles. The molecule has 0 bridgehead atoms. The summed E-state index contributed by atoms with van der Waals surface area (Å²) in [5, 5.41) is 4.96. The number of anilines is 1. The normalized spacial score (nSPS) is 11.4. The van der Waals surface area contributed by atoms with Crippen LogP contribution >= 0.6 is 55.1 Å². The smallest absolute Gasteiger partial charge is 0.260 e. The van der Waals surface area contributed by atoms with E-state index in [1.165, 1.54) is 13.3 Å². The number of nitrogens with zero attached hydrogens (tertiary/aromatic N) is 2. The lowest BCUT2D eigenvalue weighted by atomic mass is 10.2. The number of halogens is 4. The summed E-state index contributed by atoms with van der Waals surface area (Å²) in [4.78, 5) is 12.4. The predicted octanol–water partition coefficient (Wildman–Crippen LogP) is 6.02. The lowest BCUT2D eigenvalue weighted by molar-refractivity contribution is -0.119. The van der Waals surface area contributed by atoms with Gasteiger partial charge in [0.05, 0.1) is 29.7 Å². The molecule has 3 aromatic carbocycles. The van der Waals surface area contributed by atoms with Gasteiger partial charge in [-0.25, -0.2) is 13.8 Å². The molecule has 0 spiro atoms. The minimum absolute atomic E-state index is 0.184. The van der Waals surface area contributed by atoms with Crippen molar-refractivity contribution in [2.75, 3.05) is 24.2 Å². The van der Waals surface area contributed by atoms with Crippen molar-refractivity contribution >= 4 is 82.9 Å². The fourth-order valence-corrected chi connectivity index (χ4v) is 5.39. The van der Waals surface area contributed by atoms with Crippen molar-refractivity contribution in [3.63, 3.8) is 0 Å². The molecule has 0 aliphatic rings. The second-order valence-corrected chi connectivity index (χ2v) is 12.1. The Morgan fingerprint density at radius 3 is 2.54 bits per heavy atom. The molecule has 0 aliphatic heterocycles. The molecule has 3 aromatic rings. The van der Waals surface area contributed by atoms with E-state index < -0.39 is 22.5 Å². The van der Waals surface area contributed by atoms with Crippen LogP contribution in [0, 0.1) is 0 Å². The van der Waals surface area contributed by atoms with Gasteiger partial charge in [-0.05, 0) is 64.0 Å². The largest absolute Gasteiger partial charge is 0.493 e. The van der Waals surface area contributed by atoms with E-state index in [0.717, 1.165) is 16.1 Å². The molecule has 196 valence electrons. The predicted molar refractivity (Wildman–Crippen MR) is 154 cm³/mol. The number of ether oxygens (including phenoxy) is 2. The van der Waals surface area contributed by atoms with Gasteiger partial charge in [0.2, 0.25) is 10.0 Å². The van der Waals surface area contributed by atoms with Crippen molar-refractivity contribution in [2.45, 2.75) is 6.61 Å². The first-order valence-electron chi connectivity index (χ1n) is 10.5. The quantitative estimate of drug-likeness (QED) is 0.207. The van der Waals surface area contributed by atoms with E-state index in [1.807, 2.05) is 0 Å². The fourth-order valence-electron chi connectivity index (χ4n) is 3.12. The van der Waals surface area contributed by atoms with Crippen LogP contribution in [0.15, 0.2) is 68.6 Å². The molecule has 0 saturated heterocycles. The van der Waals surface area contributed by atoms with Gasteiger partial charge in [-0.1, -0.05) is 51.3 Å². The molecule has 0 aliphatic carbocycles. The summed E-state index contributed by atoms with van der Waals surface area (Å²) in [6, 6.07) is 15.2. The Bertz CT molecular complexity index is 1440. The van der Waals surface area contributed by atoms with Crippen LogP contribution in [0.1, 0.15) is 11.1 Å². The van der Waals surface area contributed by atoms with E-state index in [1.54, 1.807) is 54.6 Å². The van der Waals surface area contributed by atoms with Crippen LogP contribution in [-0.2, 0) is 21.4 Å². The van der Waals surface area contributed by atoms with E-state index >= 15 is 0 Å². The van der Waals surface area contributed by atoms with E-state index in [-0.39, 0.29) is 6.61 Å². The summed E-state index contributed by atoms with van der Waals surface area (Å²) in [6.07, 6.45) is 2.42. The van der Waals surface area contributed by atoms with Crippen molar-refractivity contribution in [3.05, 3.63) is 84.7 Å². The molecule has 0 atom stereocenters. The SMILES string of the molecule is COc1cc(/C=N\NC(=O)CN(c2cccc(Br)c2)S(C)(=O)=O)cc(Br)c1OCc1ccc(Cl)cc1Cl. The van der Waals surface area contributed by atoms with Gasteiger partial charge < -0.3 is 9.47 Å². The molecular formula is C24H21Br2Cl2N3O5S. The highest BCUT2D eigenvalue weighted by atomic mass is 79.9. The highest BCUT2D eigenvalue weighted by Crippen LogP contribution is 2.37. The Hall–Kier alpha value is -2.31. The number of carbonyl (C=O) groups excluding carboxylic acids is 1. The number of hydrogen-bond donors (Lipinski definition) is 1. The Labute approximate surface area is 241 Å². The number of rotatable bonds is 10. The summed E-state index contributed by atoms with van der Waals surface area (Å²) in [6.45, 7) is -0.261. The lowest BCUT2D eigenvalue weighted by Crippen LogP contribution is -2.39. The van der Waals surface area contributed by atoms with Gasteiger partial charge in [-0.2, -0.15) is 5.10 Å². The molecule has 3 rings (SSSR count). The Kier molecular flexibility index (Phi) is 10.3. The minimum Gasteiger partial charge on any atom is -0.493 e. The molecule has 37 heavy (non-hydrogen) atoms. The highest BCUT2D eigenvalue weighted by molar-refractivity contribution is 9.10. The van der Waals surface area contributed by atoms with Crippen LogP contribution in [0.25, 0.3) is 0 Å². The number of sulfonamides is 1. The Balaban J connectivity index is 1.69. The summed E-state index contributed by atoms with van der Waals surface area (Å²) in [7, 11) is -2.21. The number of hydrogen-bond acceptors (Lipinski definition) is 6. The molecule has 0 heterocycles. The zero-order valence-electron chi connectivity index (χ0n) is 19.5. The lowest BCUT2D eigenvalue weighted by Gasteiger charge is -2.21. The van der Waals surface area contributed by atoms with Gasteiger partial charge in [0.25, 0.3) is 5.91 Å². The molecule has 0 radical (unpaired) electrons. The number of amides is 1. The topological polar surface area (TPSA) is 97.3 Å². The van der Waals surface area contributed by atoms with Crippen molar-refractivity contribution < 1.29 is 22.7 Å². The first-order chi connectivity index (χ1) is 17.5. The minimum atomic E-state index is -3.71. The summed E-state index contributed by atoms with van der Waals surface area (Å²) < 4.78 is 38.1. The van der Waals surface area contributed by atoms with Gasteiger partial charge in [0.15, 0.2) is 11.5 Å². The standard InChI is InChI=1S/C24H21Br2Cl2N3O5S/c1-35-22-9-15(8-20(26)24(22)36-14-16-6-7-18(27)11-21(16)28)12-29-30-23(32)13-31(37(2,33)34)19-5-3-4-17(25)10-19/h3-12H,13-14H2,1-2H3,(H,30,32)/b29-12-. The Morgan fingerprint density at radius 1 is 1.14 bits per heavy atom. The highest BCUT2D eigenvalue weighted by Gasteiger charge is 2.21. The van der Waals surface area contributed by atoms with Crippen LogP contribution in [0.5, 0.6) is 11.5 Å². The third-order valence-corrected chi connectivity index (χ3v) is 7.64. The van der Waals surface area contributed by atoms with E-state index in [2.05, 4.69) is 42.4 Å². The molecule has 0 unspecified atom stereocenters. The number of nitrogens with one attached hydrogen (secondary N) is 1. The Morgan fingerprint density at radius 2 is 1.89 bits per heavy atom. The van der Waals surface area contributed by atoms with Crippen LogP contribution in [0.3, 0.4) is 0 Å². The zero-order chi connectivity index (χ0) is 27.2. The van der Waals surface area contributed by atoms with E-state index in [0.29, 0.717) is 41.7 Å². The van der Waals surface area contributed by atoms with Crippen molar-refractivity contribution in [1.29, 1.82) is 0 Å². The third-order valence-electron chi connectivity index (χ3n) is 4.83. The summed E-state index contributed by atoms with van der Waals surface area (Å²) in [5.41, 5.74) is 4.03. The maximum atomic E-state index is 12.4. The maximum absolute atomic E-state index is 12.4. The van der Waals surface area contributed by atoms with Gasteiger partial charge >= 0.3 is 0 Å². The average molecular weight is 694 g/mol. The molecule has 0 aromatic heterocycles. The van der Waals surface area contributed by atoms with E-state index in [9.17, 15) is 13.2 Å². The second-order valence-electron chi connectivity index (χ2n) is 7.60. The van der Waals surface area contributed by atoms with Gasteiger partial charge in [-0.3, -0.25) is 9.10 Å². The average Bonchev–Trinajstić information content (AvgIpc) is 2.82. The van der Waals surface area contributed by atoms with E-state index in [4.69, 9.17) is 32.7 Å². The van der Waals surface area contributed by atoms with Crippen LogP contribution in [0.2, 0.25) is 10.0 Å². The van der Waals surface area contributed by atoms with Gasteiger partial charge in [0, 0.05) is 20.1 Å². The molecule has 8 nitrogen and oxygen atoms in total. The fraction of sp³-hybridized carbons (Fsp3) is 0.167. The van der Waals surface area contributed by atoms with Crippen LogP contribution < -0.4 is 19.2 Å². The molecule has 1 N–H and O–H groups in total. The molecule has 0 fully saturated rings. The van der Waals surface area contributed by atoms with Crippen molar-refractivity contribution in [2.24, 2.45) is 5.10 Å². The zero-order valence-corrected chi connectivity index (χ0v) is 25.0. The maximum Gasteiger partial charge on any atom is 0.260 e. The summed E-state index contributed by atoms with van der Waals surface area (Å²) in [5.74, 6) is 0.255. The summed E-state index contributed by atoms with van der Waals surface area (Å²) >= 11 is 18.9. The number of benzene rings is 3. The van der Waals surface area contributed by atoms with Gasteiger partial charge in [0.1, 0.15) is 13.2 Å². The second kappa shape index (κ2) is 13.0. The van der Waals surface area contributed by atoms with Crippen LogP contribution in [-0.4, -0.2) is 40.4 Å². The first kappa shape index (κ1) is 29.2. The monoisotopic (exact) mass is 691 g/mol. The van der Waals surface area contributed by atoms with Crippen molar-refractivity contribution in [1.82, 2.24) is 5.43 Å². The van der Waals surface area contributed by atoms with Crippen molar-refractivity contribution in [3.8, 4) is 11.5 Å². The van der Waals surface area contributed by atoms with Crippen LogP contribution in [0.4, 0.5) is 5.69 Å². The first-order valence-corrected chi connectivity index (χ1v) is 14.7. The molecular weight excluding hydrogens is 673 g/mol. The molecule has 1 amide bonds. The third kappa shape index (κ3) is 8.34. The number of methoxy groups -OCH3 is 1. The van der Waals surface area contributed by atoms with Gasteiger partial charge in [-0.15, -0.1) is 0 Å². The number of hydrazone groups is 1.